The van der Waals surface area contributed by atoms with Gasteiger partial charge in [-0.25, -0.2) is 0 Å². The number of rotatable bonds is 7. The third kappa shape index (κ3) is 8.62. The van der Waals surface area contributed by atoms with Crippen LogP contribution < -0.4 is 14.8 Å². The zero-order valence-corrected chi connectivity index (χ0v) is 14.7. The van der Waals surface area contributed by atoms with Crippen molar-refractivity contribution >= 4 is 45.4 Å². The van der Waals surface area contributed by atoms with Crippen LogP contribution in [0.4, 0.5) is 5.69 Å². The van der Waals surface area contributed by atoms with Gasteiger partial charge in [0.15, 0.2) is 0 Å². The van der Waals surface area contributed by atoms with E-state index in [2.05, 4.69) is 5.32 Å². The fourth-order valence-electron chi connectivity index (χ4n) is 1.40. The van der Waals surface area contributed by atoms with Crippen LogP contribution in [0, 0.1) is 0 Å². The van der Waals surface area contributed by atoms with Crippen molar-refractivity contribution < 1.29 is 27.9 Å². The summed E-state index contributed by atoms with van der Waals surface area (Å²) >= 11 is 0. The van der Waals surface area contributed by atoms with Gasteiger partial charge in [-0.3, -0.25) is 4.55 Å². The van der Waals surface area contributed by atoms with E-state index < -0.39 is 10.1 Å². The van der Waals surface area contributed by atoms with E-state index in [9.17, 15) is 8.42 Å². The van der Waals surface area contributed by atoms with Crippen molar-refractivity contribution in [2.45, 2.75) is 6.42 Å². The van der Waals surface area contributed by atoms with E-state index in [-0.39, 0.29) is 40.8 Å². The van der Waals surface area contributed by atoms with E-state index in [4.69, 9.17) is 14.0 Å². The van der Waals surface area contributed by atoms with Crippen LogP contribution in [0.15, 0.2) is 18.2 Å². The summed E-state index contributed by atoms with van der Waals surface area (Å²) in [7, 11) is -0.789. The molecular weight excluding hydrogens is 297 g/mol. The first-order chi connectivity index (χ1) is 8.44. The first-order valence-corrected chi connectivity index (χ1v) is 6.97. The molecule has 4 N–H and O–H groups in total. The van der Waals surface area contributed by atoms with E-state index in [1.807, 2.05) is 0 Å². The smallest absolute Gasteiger partial charge is 0.264 e. The molecule has 0 unspecified atom stereocenters. The minimum atomic E-state index is -3.89. The molecule has 1 aromatic rings. The summed E-state index contributed by atoms with van der Waals surface area (Å²) in [5, 5.41) is 3.03. The molecule has 1 rings (SSSR count). The number of methoxy groups -OCH3 is 2. The molecule has 1 aromatic carbocycles. The SMILES string of the molecule is COc1cc(NCCCS(=O)(=O)O)cc(OC)c1.O.[Na]. The Kier molecular flexibility index (Phi) is 11.2. The summed E-state index contributed by atoms with van der Waals surface area (Å²) in [5.74, 6) is 1.03. The Balaban J connectivity index is 0. The second kappa shape index (κ2) is 10.3. The van der Waals surface area contributed by atoms with Gasteiger partial charge >= 0.3 is 0 Å². The second-order valence-electron chi connectivity index (χ2n) is 3.67. The molecule has 0 aliphatic carbocycles. The fourth-order valence-corrected chi connectivity index (χ4v) is 1.91. The van der Waals surface area contributed by atoms with Gasteiger partial charge < -0.3 is 20.3 Å². The summed E-state index contributed by atoms with van der Waals surface area (Å²) in [6, 6.07) is 5.29. The normalized spacial score (nSPS) is 9.95. The molecular formula is C11H19NNaO6S. The van der Waals surface area contributed by atoms with Gasteiger partial charge in [0.1, 0.15) is 11.5 Å². The van der Waals surface area contributed by atoms with Crippen LogP contribution in [0.3, 0.4) is 0 Å². The Morgan fingerprint density at radius 3 is 2.05 bits per heavy atom. The molecule has 0 amide bonds. The Morgan fingerprint density at radius 1 is 1.15 bits per heavy atom. The fraction of sp³-hybridized carbons (Fsp3) is 0.455. The van der Waals surface area contributed by atoms with Crippen molar-refractivity contribution in [1.29, 1.82) is 0 Å². The number of hydrogen-bond donors (Lipinski definition) is 2. The number of nitrogens with one attached hydrogen (secondary N) is 1. The van der Waals surface area contributed by atoms with Gasteiger partial charge in [0.25, 0.3) is 10.1 Å². The van der Waals surface area contributed by atoms with Gasteiger partial charge in [0.2, 0.25) is 0 Å². The molecule has 9 heteroatoms. The van der Waals surface area contributed by atoms with Gasteiger partial charge in [-0.15, -0.1) is 0 Å². The number of ether oxygens (including phenoxy) is 2. The molecule has 0 bridgehead atoms. The van der Waals surface area contributed by atoms with E-state index in [0.29, 0.717) is 24.5 Å². The second-order valence-corrected chi connectivity index (χ2v) is 5.24. The Labute approximate surface area is 141 Å². The summed E-state index contributed by atoms with van der Waals surface area (Å²) < 4.78 is 39.9. The van der Waals surface area contributed by atoms with Crippen molar-refractivity contribution in [2.24, 2.45) is 0 Å². The van der Waals surface area contributed by atoms with Gasteiger partial charge in [-0.05, 0) is 6.42 Å². The molecule has 0 heterocycles. The molecule has 0 atom stereocenters. The monoisotopic (exact) mass is 316 g/mol. The van der Waals surface area contributed by atoms with Gasteiger partial charge in [-0.1, -0.05) is 0 Å². The molecule has 0 spiro atoms. The first-order valence-electron chi connectivity index (χ1n) is 5.36. The standard InChI is InChI=1S/C11H17NO5S.Na.H2O/c1-16-10-6-9(7-11(8-10)17-2)12-4-3-5-18(13,14)15;;/h6-8,12H,3-5H2,1-2H3,(H,13,14,15);;1H2. The van der Waals surface area contributed by atoms with Crippen LogP contribution in [0.5, 0.6) is 11.5 Å². The van der Waals surface area contributed by atoms with Gasteiger partial charge in [-0.2, -0.15) is 8.42 Å². The van der Waals surface area contributed by atoms with E-state index in [1.165, 1.54) is 0 Å². The minimum absolute atomic E-state index is 0. The Bertz CT molecular complexity index is 471. The molecule has 0 aliphatic rings. The van der Waals surface area contributed by atoms with Crippen molar-refractivity contribution in [3.63, 3.8) is 0 Å². The van der Waals surface area contributed by atoms with Crippen LogP contribution in [0.2, 0.25) is 0 Å². The third-order valence-corrected chi connectivity index (χ3v) is 3.06. The molecule has 20 heavy (non-hydrogen) atoms. The number of benzene rings is 1. The maximum atomic E-state index is 10.5. The summed E-state index contributed by atoms with van der Waals surface area (Å²) in [6.07, 6.45) is 0.318. The molecule has 0 aliphatic heterocycles. The number of anilines is 1. The average Bonchev–Trinajstić information content (AvgIpc) is 2.33. The largest absolute Gasteiger partial charge is 0.497 e. The molecule has 0 saturated carbocycles. The predicted molar refractivity (Wildman–Crippen MR) is 78.4 cm³/mol. The molecule has 111 valence electrons. The zero-order valence-electron chi connectivity index (χ0n) is 11.8. The molecule has 0 saturated heterocycles. The van der Waals surface area contributed by atoms with Crippen LogP contribution in [0.25, 0.3) is 0 Å². The van der Waals surface area contributed by atoms with Crippen molar-refractivity contribution in [2.75, 3.05) is 31.8 Å². The molecule has 0 aromatic heterocycles. The van der Waals surface area contributed by atoms with E-state index in [0.717, 1.165) is 5.69 Å². The summed E-state index contributed by atoms with van der Waals surface area (Å²) in [4.78, 5) is 0. The van der Waals surface area contributed by atoms with Gasteiger partial charge in [0.05, 0.1) is 20.0 Å². The zero-order chi connectivity index (χ0) is 13.6. The summed E-state index contributed by atoms with van der Waals surface area (Å²) in [5.41, 5.74) is 0.765. The van der Waals surface area contributed by atoms with Crippen LogP contribution in [-0.4, -0.2) is 74.5 Å². The van der Waals surface area contributed by atoms with E-state index >= 15 is 0 Å². The van der Waals surface area contributed by atoms with Crippen LogP contribution in [-0.2, 0) is 10.1 Å². The van der Waals surface area contributed by atoms with E-state index in [1.54, 1.807) is 32.4 Å². The average molecular weight is 316 g/mol. The molecule has 7 nitrogen and oxygen atoms in total. The Hall–Kier alpha value is -0.510. The predicted octanol–water partition coefficient (Wildman–Crippen LogP) is 0.188. The van der Waals surface area contributed by atoms with Crippen molar-refractivity contribution in [1.82, 2.24) is 0 Å². The van der Waals surface area contributed by atoms with Crippen LogP contribution in [0.1, 0.15) is 6.42 Å². The van der Waals surface area contributed by atoms with Crippen molar-refractivity contribution in [3.05, 3.63) is 18.2 Å². The van der Waals surface area contributed by atoms with Crippen LogP contribution >= 0.6 is 0 Å². The summed E-state index contributed by atoms with van der Waals surface area (Å²) in [6.45, 7) is 0.427. The third-order valence-electron chi connectivity index (χ3n) is 2.26. The first kappa shape index (κ1) is 21.8. The Morgan fingerprint density at radius 2 is 1.65 bits per heavy atom. The van der Waals surface area contributed by atoms with Crippen molar-refractivity contribution in [3.8, 4) is 11.5 Å². The molecule has 0 fully saturated rings. The maximum absolute atomic E-state index is 10.5. The number of hydrogen-bond acceptors (Lipinski definition) is 5. The minimum Gasteiger partial charge on any atom is -0.497 e. The quantitative estimate of drug-likeness (QED) is 0.421. The van der Waals surface area contributed by atoms with Gasteiger partial charge in [0, 0.05) is 60.0 Å². The molecule has 1 radical (unpaired) electrons. The topological polar surface area (TPSA) is 116 Å². The maximum Gasteiger partial charge on any atom is 0.264 e.